The molecule has 3 rings (SSSR count). The van der Waals surface area contributed by atoms with Crippen molar-refractivity contribution in [3.8, 4) is 11.5 Å². The van der Waals surface area contributed by atoms with Gasteiger partial charge in [0, 0.05) is 34.2 Å². The van der Waals surface area contributed by atoms with Crippen LogP contribution < -0.4 is 9.47 Å². The molecule has 2 atom stereocenters. The molecule has 4 heteroatoms. The molecule has 4 nitrogen and oxygen atoms in total. The van der Waals surface area contributed by atoms with Gasteiger partial charge in [-0.15, -0.1) is 0 Å². The number of Topliss-reactive ketones (excluding diaryl/α,β-unsaturated/α-hetero) is 1. The Kier molecular flexibility index (Phi) is 3.93. The van der Waals surface area contributed by atoms with Crippen LogP contribution in [0.15, 0.2) is 12.1 Å². The minimum absolute atomic E-state index is 0.229. The Bertz CT molecular complexity index is 675. The first-order valence-corrected chi connectivity index (χ1v) is 8.32. The number of ether oxygens (including phenoxy) is 2. The zero-order valence-corrected chi connectivity index (χ0v) is 14.4. The second-order valence-corrected chi connectivity index (χ2v) is 6.89. The molecule has 0 radical (unpaired) electrons. The highest BCUT2D eigenvalue weighted by molar-refractivity contribution is 5.83. The summed E-state index contributed by atoms with van der Waals surface area (Å²) in [5.41, 5.74) is 1.89. The second kappa shape index (κ2) is 6.52. The molecule has 2 aliphatic heterocycles. The first-order chi connectivity index (χ1) is 11.8. The van der Waals surface area contributed by atoms with Crippen molar-refractivity contribution in [1.82, 2.24) is 4.90 Å². The summed E-state index contributed by atoms with van der Waals surface area (Å²) in [6.07, 6.45) is -0.336. The summed E-state index contributed by atoms with van der Waals surface area (Å²) in [4.78, 5) is 15.0. The molecule has 0 bridgehead atoms. The third-order valence-electron chi connectivity index (χ3n) is 4.83. The van der Waals surface area contributed by atoms with E-state index in [0.717, 1.165) is 30.5 Å². The van der Waals surface area contributed by atoms with Gasteiger partial charge in [0.25, 0.3) is 0 Å². The van der Waals surface area contributed by atoms with E-state index in [1.165, 1.54) is 0 Å². The van der Waals surface area contributed by atoms with Gasteiger partial charge in [-0.05, 0) is 42.0 Å². The second-order valence-electron chi connectivity index (χ2n) is 6.89. The Hall–Kier alpha value is -1.55. The maximum absolute atomic E-state index is 12.9. The van der Waals surface area contributed by atoms with Crippen LogP contribution in [0.25, 0.3) is 0 Å². The first kappa shape index (κ1) is 13.8. The fraction of sp³-hybridized carbons (Fsp3) is 0.632. The number of hydrogen-bond acceptors (Lipinski definition) is 4. The molecule has 0 spiro atoms. The Labute approximate surface area is 141 Å². The van der Waals surface area contributed by atoms with Gasteiger partial charge in [0.1, 0.15) is 5.78 Å². The van der Waals surface area contributed by atoms with Crippen molar-refractivity contribution in [2.45, 2.75) is 39.1 Å². The SMILES string of the molecule is [2H]C1([2H])C(=O)C(CC(C)C)CN2CCc3cc(OC)c(OC)cc3C21. The highest BCUT2D eigenvalue weighted by Gasteiger charge is 2.38. The summed E-state index contributed by atoms with van der Waals surface area (Å²) < 4.78 is 28.0. The van der Waals surface area contributed by atoms with Gasteiger partial charge in [-0.3, -0.25) is 9.69 Å². The van der Waals surface area contributed by atoms with E-state index in [9.17, 15) is 4.79 Å². The third kappa shape index (κ3) is 3.09. The summed E-state index contributed by atoms with van der Waals surface area (Å²) >= 11 is 0. The van der Waals surface area contributed by atoms with Crippen molar-refractivity contribution in [2.75, 3.05) is 27.3 Å². The zero-order chi connectivity index (χ0) is 18.4. The Morgan fingerprint density at radius 3 is 2.65 bits per heavy atom. The molecule has 1 saturated heterocycles. The van der Waals surface area contributed by atoms with Gasteiger partial charge in [-0.1, -0.05) is 13.8 Å². The molecule has 0 N–H and O–H groups in total. The lowest BCUT2D eigenvalue weighted by Gasteiger charge is -2.43. The van der Waals surface area contributed by atoms with Crippen LogP contribution in [-0.4, -0.2) is 38.0 Å². The maximum atomic E-state index is 12.9. The Morgan fingerprint density at radius 2 is 2.00 bits per heavy atom. The summed E-state index contributed by atoms with van der Waals surface area (Å²) in [7, 11) is 3.17. The number of rotatable bonds is 4. The van der Waals surface area contributed by atoms with Crippen molar-refractivity contribution in [3.63, 3.8) is 0 Å². The summed E-state index contributed by atoms with van der Waals surface area (Å²) in [6, 6.07) is 3.22. The highest BCUT2D eigenvalue weighted by atomic mass is 16.5. The molecule has 1 aromatic carbocycles. The monoisotopic (exact) mass is 319 g/mol. The average molecular weight is 319 g/mol. The van der Waals surface area contributed by atoms with E-state index < -0.39 is 12.4 Å². The number of nitrogens with zero attached hydrogens (tertiary/aromatic N) is 1. The molecule has 1 fully saturated rings. The van der Waals surface area contributed by atoms with E-state index in [-0.39, 0.29) is 11.7 Å². The summed E-state index contributed by atoms with van der Waals surface area (Å²) in [6.45, 7) is 5.55. The predicted octanol–water partition coefficient (Wildman–Crippen LogP) is 3.24. The van der Waals surface area contributed by atoms with Crippen molar-refractivity contribution in [3.05, 3.63) is 23.3 Å². The average Bonchev–Trinajstić information content (AvgIpc) is 2.57. The number of piperidine rings is 1. The van der Waals surface area contributed by atoms with E-state index in [2.05, 4.69) is 18.7 Å². The van der Waals surface area contributed by atoms with Crippen LogP contribution in [0, 0.1) is 11.8 Å². The Balaban J connectivity index is 2.03. The fourth-order valence-electron chi connectivity index (χ4n) is 3.73. The van der Waals surface area contributed by atoms with E-state index >= 15 is 0 Å². The Morgan fingerprint density at radius 1 is 1.30 bits per heavy atom. The molecular formula is C19H27NO3. The molecule has 2 heterocycles. The molecule has 0 amide bonds. The normalized spacial score (nSPS) is 27.8. The van der Waals surface area contributed by atoms with Crippen LogP contribution in [-0.2, 0) is 11.2 Å². The lowest BCUT2D eigenvalue weighted by molar-refractivity contribution is -0.129. The van der Waals surface area contributed by atoms with E-state index in [1.807, 2.05) is 12.1 Å². The molecule has 2 unspecified atom stereocenters. The third-order valence-corrected chi connectivity index (χ3v) is 4.83. The largest absolute Gasteiger partial charge is 0.493 e. The van der Waals surface area contributed by atoms with Gasteiger partial charge in [0.05, 0.1) is 14.2 Å². The van der Waals surface area contributed by atoms with Crippen molar-refractivity contribution in [1.29, 1.82) is 0 Å². The first-order valence-electron chi connectivity index (χ1n) is 9.32. The van der Waals surface area contributed by atoms with Crippen molar-refractivity contribution < 1.29 is 17.0 Å². The standard InChI is InChI=1S/C19H27NO3/c1-12(2)7-14-11-20-6-5-13-8-18(22-3)19(23-4)9-15(13)16(20)10-17(14)21/h8-9,12,14,16H,5-7,10-11H2,1-4H3/i10D2. The molecule has 0 aliphatic carbocycles. The number of carbonyl (C=O) groups is 1. The van der Waals surface area contributed by atoms with Gasteiger partial charge >= 0.3 is 0 Å². The highest BCUT2D eigenvalue weighted by Crippen LogP contribution is 2.42. The number of methoxy groups -OCH3 is 2. The van der Waals surface area contributed by atoms with Gasteiger partial charge < -0.3 is 9.47 Å². The number of carbonyl (C=O) groups excluding carboxylic acids is 1. The van der Waals surface area contributed by atoms with Crippen molar-refractivity contribution >= 4 is 5.78 Å². The quantitative estimate of drug-likeness (QED) is 0.854. The minimum Gasteiger partial charge on any atom is -0.493 e. The van der Waals surface area contributed by atoms with Crippen LogP contribution in [0.3, 0.4) is 0 Å². The lowest BCUT2D eigenvalue weighted by atomic mass is 9.80. The van der Waals surface area contributed by atoms with Crippen LogP contribution >= 0.6 is 0 Å². The predicted molar refractivity (Wildman–Crippen MR) is 90.1 cm³/mol. The summed E-state index contributed by atoms with van der Waals surface area (Å²) in [5.74, 6) is 1.12. The zero-order valence-electron chi connectivity index (χ0n) is 16.4. The van der Waals surface area contributed by atoms with Crippen LogP contribution in [0.2, 0.25) is 0 Å². The number of fused-ring (bicyclic) bond motifs is 3. The minimum atomic E-state index is -1.90. The van der Waals surface area contributed by atoms with Gasteiger partial charge in [0.2, 0.25) is 0 Å². The van der Waals surface area contributed by atoms with E-state index in [4.69, 9.17) is 12.2 Å². The molecule has 2 aliphatic rings. The van der Waals surface area contributed by atoms with E-state index in [0.29, 0.717) is 24.0 Å². The van der Waals surface area contributed by atoms with Crippen LogP contribution in [0.1, 0.15) is 46.6 Å². The molecule has 126 valence electrons. The molecule has 1 aromatic rings. The van der Waals surface area contributed by atoms with Crippen molar-refractivity contribution in [2.24, 2.45) is 11.8 Å². The van der Waals surface area contributed by atoms with Gasteiger partial charge in [-0.25, -0.2) is 0 Å². The fourth-order valence-corrected chi connectivity index (χ4v) is 3.73. The van der Waals surface area contributed by atoms with Crippen LogP contribution in [0.4, 0.5) is 0 Å². The van der Waals surface area contributed by atoms with E-state index in [1.54, 1.807) is 14.2 Å². The van der Waals surface area contributed by atoms with Gasteiger partial charge in [0.15, 0.2) is 11.5 Å². The summed E-state index contributed by atoms with van der Waals surface area (Å²) in [5, 5.41) is 0. The molecular weight excluding hydrogens is 290 g/mol. The lowest BCUT2D eigenvalue weighted by Crippen LogP contribution is -2.46. The van der Waals surface area contributed by atoms with Crippen LogP contribution in [0.5, 0.6) is 11.5 Å². The topological polar surface area (TPSA) is 38.8 Å². The molecule has 23 heavy (non-hydrogen) atoms. The maximum Gasteiger partial charge on any atom is 0.161 e. The molecule has 0 aromatic heterocycles. The number of benzene rings is 1. The smallest absolute Gasteiger partial charge is 0.161 e. The molecule has 0 saturated carbocycles. The van der Waals surface area contributed by atoms with Gasteiger partial charge in [-0.2, -0.15) is 0 Å². The number of hydrogen-bond donors (Lipinski definition) is 0. The number of ketones is 1.